The molecule has 3 N–H and O–H groups in total. The van der Waals surface area contributed by atoms with Crippen LogP contribution in [-0.2, 0) is 6.54 Å². The van der Waals surface area contributed by atoms with E-state index < -0.39 is 5.91 Å². The molecule has 0 aliphatic carbocycles. The van der Waals surface area contributed by atoms with Gasteiger partial charge in [0.2, 0.25) is 0 Å². The number of nitrogens with zero attached hydrogens (tertiary/aromatic N) is 1. The van der Waals surface area contributed by atoms with Crippen molar-refractivity contribution in [2.24, 2.45) is 5.73 Å². The van der Waals surface area contributed by atoms with Crippen LogP contribution in [0.25, 0.3) is 0 Å². The number of pyridine rings is 1. The molecule has 0 spiro atoms. The molecule has 2 amide bonds. The lowest BCUT2D eigenvalue weighted by Crippen LogP contribution is -2.23. The second-order valence-corrected chi connectivity index (χ2v) is 5.01. The summed E-state index contributed by atoms with van der Waals surface area (Å²) in [4.78, 5) is 26.8. The van der Waals surface area contributed by atoms with E-state index in [0.717, 1.165) is 5.56 Å². The van der Waals surface area contributed by atoms with Crippen molar-refractivity contribution >= 4 is 35.0 Å². The molecular weight excluding hydrogens is 313 g/mol. The van der Waals surface area contributed by atoms with Crippen molar-refractivity contribution in [2.75, 3.05) is 0 Å². The number of primary amides is 1. The normalized spacial score (nSPS) is 10.2. The molecule has 0 radical (unpaired) electrons. The third-order valence-electron chi connectivity index (χ3n) is 2.72. The van der Waals surface area contributed by atoms with Gasteiger partial charge in [0.15, 0.2) is 0 Å². The number of rotatable bonds is 4. The minimum Gasteiger partial charge on any atom is -0.364 e. The summed E-state index contributed by atoms with van der Waals surface area (Å²) in [6, 6.07) is 7.99. The summed E-state index contributed by atoms with van der Waals surface area (Å²) in [5.74, 6) is -0.988. The van der Waals surface area contributed by atoms with E-state index in [1.807, 2.05) is 0 Å². The Hall–Kier alpha value is -2.11. The Morgan fingerprint density at radius 2 is 1.81 bits per heavy atom. The topological polar surface area (TPSA) is 85.1 Å². The first-order valence-corrected chi connectivity index (χ1v) is 6.71. The summed E-state index contributed by atoms with van der Waals surface area (Å²) < 4.78 is 0. The van der Waals surface area contributed by atoms with Gasteiger partial charge < -0.3 is 11.1 Å². The minimum atomic E-state index is -0.603. The van der Waals surface area contributed by atoms with E-state index in [2.05, 4.69) is 10.3 Å². The minimum absolute atomic E-state index is 0.166. The van der Waals surface area contributed by atoms with E-state index in [-0.39, 0.29) is 33.8 Å². The van der Waals surface area contributed by atoms with Gasteiger partial charge in [-0.1, -0.05) is 35.3 Å². The maximum absolute atomic E-state index is 12.1. The van der Waals surface area contributed by atoms with E-state index in [1.165, 1.54) is 12.3 Å². The molecule has 1 aromatic heterocycles. The number of nitrogens with two attached hydrogens (primary N) is 1. The van der Waals surface area contributed by atoms with Gasteiger partial charge in [0.1, 0.15) is 5.69 Å². The number of carbonyl (C=O) groups excluding carboxylic acids is 2. The molecule has 0 saturated carbocycles. The quantitative estimate of drug-likeness (QED) is 0.906. The number of hydrogen-bond donors (Lipinski definition) is 2. The third kappa shape index (κ3) is 3.71. The van der Waals surface area contributed by atoms with Crippen molar-refractivity contribution in [3.63, 3.8) is 0 Å². The van der Waals surface area contributed by atoms with Gasteiger partial charge in [0.25, 0.3) is 11.8 Å². The van der Waals surface area contributed by atoms with E-state index in [0.29, 0.717) is 0 Å². The van der Waals surface area contributed by atoms with Crippen LogP contribution in [-0.4, -0.2) is 16.8 Å². The van der Waals surface area contributed by atoms with Crippen LogP contribution < -0.4 is 11.1 Å². The van der Waals surface area contributed by atoms with Crippen molar-refractivity contribution in [1.29, 1.82) is 0 Å². The molecular formula is C14H11Cl2N3O2. The van der Waals surface area contributed by atoms with Gasteiger partial charge in [-0.15, -0.1) is 0 Å². The number of aromatic nitrogens is 1. The lowest BCUT2D eigenvalue weighted by molar-refractivity contribution is 0.0949. The summed E-state index contributed by atoms with van der Waals surface area (Å²) in [6.07, 6.45) is 1.47. The van der Waals surface area contributed by atoms with Crippen molar-refractivity contribution in [3.8, 4) is 0 Å². The second kappa shape index (κ2) is 6.56. The molecule has 0 aliphatic heterocycles. The SMILES string of the molecule is NC(=O)c1ccc(CNC(=O)c2c(Cl)cccc2Cl)cn1. The van der Waals surface area contributed by atoms with Gasteiger partial charge in [0, 0.05) is 12.7 Å². The first kappa shape index (κ1) is 15.3. The number of carbonyl (C=O) groups is 2. The van der Waals surface area contributed by atoms with Crippen LogP contribution in [0.5, 0.6) is 0 Å². The van der Waals surface area contributed by atoms with E-state index in [4.69, 9.17) is 28.9 Å². The highest BCUT2D eigenvalue weighted by Gasteiger charge is 2.14. The number of benzene rings is 1. The smallest absolute Gasteiger partial charge is 0.267 e. The van der Waals surface area contributed by atoms with Crippen LogP contribution in [0, 0.1) is 0 Å². The highest BCUT2D eigenvalue weighted by Crippen LogP contribution is 2.23. The molecule has 0 atom stereocenters. The Bertz CT molecular complexity index is 667. The first-order valence-electron chi connectivity index (χ1n) is 5.96. The first-order chi connectivity index (χ1) is 9.99. The zero-order valence-electron chi connectivity index (χ0n) is 10.8. The molecule has 7 heteroatoms. The Balaban J connectivity index is 2.06. The summed E-state index contributed by atoms with van der Waals surface area (Å²) in [7, 11) is 0. The van der Waals surface area contributed by atoms with Crippen LogP contribution >= 0.6 is 23.2 Å². The highest BCUT2D eigenvalue weighted by atomic mass is 35.5. The fourth-order valence-corrected chi connectivity index (χ4v) is 2.23. The average molecular weight is 324 g/mol. The predicted octanol–water partition coefficient (Wildman–Crippen LogP) is 2.42. The number of amides is 2. The Morgan fingerprint density at radius 3 is 2.33 bits per heavy atom. The second-order valence-electron chi connectivity index (χ2n) is 4.20. The lowest BCUT2D eigenvalue weighted by Gasteiger charge is -2.08. The zero-order valence-corrected chi connectivity index (χ0v) is 12.3. The van der Waals surface area contributed by atoms with Crippen LogP contribution in [0.15, 0.2) is 36.5 Å². The number of nitrogens with one attached hydrogen (secondary N) is 1. The average Bonchev–Trinajstić information content (AvgIpc) is 2.45. The van der Waals surface area contributed by atoms with Gasteiger partial charge in [-0.2, -0.15) is 0 Å². The Labute approximate surface area is 131 Å². The molecule has 21 heavy (non-hydrogen) atoms. The summed E-state index contributed by atoms with van der Waals surface area (Å²) in [6.45, 7) is 0.229. The van der Waals surface area contributed by atoms with Crippen molar-refractivity contribution in [1.82, 2.24) is 10.3 Å². The summed E-state index contributed by atoms with van der Waals surface area (Å²) >= 11 is 11.9. The summed E-state index contributed by atoms with van der Waals surface area (Å²) in [5.41, 5.74) is 6.20. The molecule has 0 bridgehead atoms. The molecule has 1 heterocycles. The van der Waals surface area contributed by atoms with Gasteiger partial charge in [-0.25, -0.2) is 0 Å². The van der Waals surface area contributed by atoms with E-state index in [9.17, 15) is 9.59 Å². The standard InChI is InChI=1S/C14H11Cl2N3O2/c15-9-2-1-3-10(16)12(9)14(21)19-7-8-4-5-11(13(17)20)18-6-8/h1-6H,7H2,(H2,17,20)(H,19,21). The van der Waals surface area contributed by atoms with Crippen LogP contribution in [0.3, 0.4) is 0 Å². The van der Waals surface area contributed by atoms with E-state index >= 15 is 0 Å². The number of halogens is 2. The van der Waals surface area contributed by atoms with Crippen molar-refractivity contribution in [3.05, 3.63) is 63.4 Å². The lowest BCUT2D eigenvalue weighted by atomic mass is 10.2. The van der Waals surface area contributed by atoms with Crippen molar-refractivity contribution in [2.45, 2.75) is 6.54 Å². The Morgan fingerprint density at radius 1 is 1.14 bits per heavy atom. The highest BCUT2D eigenvalue weighted by molar-refractivity contribution is 6.39. The molecule has 2 rings (SSSR count). The van der Waals surface area contributed by atoms with Gasteiger partial charge in [-0.05, 0) is 23.8 Å². The predicted molar refractivity (Wildman–Crippen MR) is 80.4 cm³/mol. The van der Waals surface area contributed by atoms with Crippen LogP contribution in [0.1, 0.15) is 26.4 Å². The molecule has 0 fully saturated rings. The molecule has 0 saturated heterocycles. The molecule has 2 aromatic rings. The molecule has 5 nitrogen and oxygen atoms in total. The van der Waals surface area contributed by atoms with Gasteiger partial charge in [-0.3, -0.25) is 14.6 Å². The largest absolute Gasteiger partial charge is 0.364 e. The monoisotopic (exact) mass is 323 g/mol. The summed E-state index contributed by atoms with van der Waals surface area (Å²) in [5, 5.41) is 3.24. The van der Waals surface area contributed by atoms with Gasteiger partial charge >= 0.3 is 0 Å². The maximum Gasteiger partial charge on any atom is 0.267 e. The molecule has 0 aliphatic rings. The number of hydrogen-bond acceptors (Lipinski definition) is 3. The molecule has 1 aromatic carbocycles. The van der Waals surface area contributed by atoms with Gasteiger partial charge in [0.05, 0.1) is 15.6 Å². The van der Waals surface area contributed by atoms with Crippen LogP contribution in [0.4, 0.5) is 0 Å². The Kier molecular flexibility index (Phi) is 4.77. The molecule has 0 unspecified atom stereocenters. The maximum atomic E-state index is 12.1. The molecule has 108 valence electrons. The third-order valence-corrected chi connectivity index (χ3v) is 3.35. The fourth-order valence-electron chi connectivity index (χ4n) is 1.66. The van der Waals surface area contributed by atoms with Crippen LogP contribution in [0.2, 0.25) is 10.0 Å². The van der Waals surface area contributed by atoms with Crippen molar-refractivity contribution < 1.29 is 9.59 Å². The fraction of sp³-hybridized carbons (Fsp3) is 0.0714. The zero-order chi connectivity index (χ0) is 15.4. The van der Waals surface area contributed by atoms with E-state index in [1.54, 1.807) is 24.3 Å².